The highest BCUT2D eigenvalue weighted by Crippen LogP contribution is 2.17. The van der Waals surface area contributed by atoms with Crippen molar-refractivity contribution in [1.29, 1.82) is 0 Å². The molecular formula is C10H13IO3Si. The number of rotatable bonds is 4. The number of hydrogen-bond donors (Lipinski definition) is 1. The average molecular weight is 336 g/mol. The Morgan fingerprint density at radius 3 is 2.80 bits per heavy atom. The molecular weight excluding hydrogens is 323 g/mol. The molecule has 0 saturated carbocycles. The molecule has 0 aromatic heterocycles. The summed E-state index contributed by atoms with van der Waals surface area (Å²) in [4.78, 5) is 11.5. The van der Waals surface area contributed by atoms with Gasteiger partial charge in [0.05, 0.1) is 12.2 Å². The second-order valence-corrected chi connectivity index (χ2v) is 5.43. The Labute approximate surface area is 105 Å². The monoisotopic (exact) mass is 336 g/mol. The summed E-state index contributed by atoms with van der Waals surface area (Å²) in [5.41, 5.74) is 0.410. The smallest absolute Gasteiger partial charge is 0.338 e. The standard InChI is InChI=1S/C10H13IO3Si/c11-8-4-7(5-9(12)6-8)10(13)14-2-1-3-15/h4-6,12H,1-3H2,15H3. The van der Waals surface area contributed by atoms with E-state index < -0.39 is 0 Å². The van der Waals surface area contributed by atoms with Crippen molar-refractivity contribution >= 4 is 38.8 Å². The van der Waals surface area contributed by atoms with Crippen LogP contribution in [0.1, 0.15) is 16.8 Å². The third-order valence-electron chi connectivity index (χ3n) is 1.85. The third-order valence-corrected chi connectivity index (χ3v) is 3.18. The van der Waals surface area contributed by atoms with Crippen molar-refractivity contribution in [3.63, 3.8) is 0 Å². The Balaban J connectivity index is 2.65. The molecule has 1 rings (SSSR count). The number of benzene rings is 1. The molecule has 0 saturated heterocycles. The van der Waals surface area contributed by atoms with Crippen molar-refractivity contribution in [2.24, 2.45) is 0 Å². The highest BCUT2D eigenvalue weighted by Gasteiger charge is 2.08. The van der Waals surface area contributed by atoms with Gasteiger partial charge in [-0.05, 0) is 47.2 Å². The summed E-state index contributed by atoms with van der Waals surface area (Å²) in [6, 6.07) is 5.84. The first-order valence-electron chi connectivity index (χ1n) is 4.80. The van der Waals surface area contributed by atoms with E-state index in [0.29, 0.717) is 12.2 Å². The van der Waals surface area contributed by atoms with Crippen LogP contribution in [0.3, 0.4) is 0 Å². The lowest BCUT2D eigenvalue weighted by atomic mass is 10.2. The van der Waals surface area contributed by atoms with Gasteiger partial charge in [-0.15, -0.1) is 0 Å². The SMILES string of the molecule is O=C(OCCC[SiH3])c1cc(O)cc(I)c1. The summed E-state index contributed by atoms with van der Waals surface area (Å²) < 4.78 is 5.87. The van der Waals surface area contributed by atoms with E-state index >= 15 is 0 Å². The number of phenolic OH excluding ortho intramolecular Hbond substituents is 1. The molecule has 0 radical (unpaired) electrons. The van der Waals surface area contributed by atoms with Crippen LogP contribution in [-0.4, -0.2) is 27.9 Å². The molecule has 1 aromatic carbocycles. The molecule has 82 valence electrons. The molecule has 1 aromatic rings. The highest BCUT2D eigenvalue weighted by atomic mass is 127. The fourth-order valence-electron chi connectivity index (χ4n) is 1.08. The number of halogens is 1. The predicted octanol–water partition coefficient (Wildman–Crippen LogP) is 1.33. The van der Waals surface area contributed by atoms with Gasteiger partial charge >= 0.3 is 5.97 Å². The molecule has 0 aliphatic rings. The minimum atomic E-state index is -0.362. The number of carbonyl (C=O) groups excluding carboxylic acids is 1. The molecule has 0 aliphatic carbocycles. The van der Waals surface area contributed by atoms with Crippen LogP contribution in [0.5, 0.6) is 5.75 Å². The number of aromatic hydroxyl groups is 1. The highest BCUT2D eigenvalue weighted by molar-refractivity contribution is 14.1. The maximum absolute atomic E-state index is 11.5. The van der Waals surface area contributed by atoms with Crippen LogP contribution in [-0.2, 0) is 4.74 Å². The Morgan fingerprint density at radius 2 is 2.20 bits per heavy atom. The molecule has 3 nitrogen and oxygen atoms in total. The third kappa shape index (κ3) is 4.21. The van der Waals surface area contributed by atoms with Crippen LogP contribution in [0.15, 0.2) is 18.2 Å². The normalized spacial score (nSPS) is 10.2. The predicted molar refractivity (Wildman–Crippen MR) is 70.5 cm³/mol. The molecule has 15 heavy (non-hydrogen) atoms. The Kier molecular flexibility index (Phi) is 5.10. The quantitative estimate of drug-likeness (QED) is 0.391. The first-order valence-corrected chi connectivity index (χ1v) is 7.29. The summed E-state index contributed by atoms with van der Waals surface area (Å²) >= 11 is 2.05. The molecule has 0 atom stereocenters. The minimum absolute atomic E-state index is 0.0942. The molecule has 0 fully saturated rings. The van der Waals surface area contributed by atoms with Gasteiger partial charge in [-0.2, -0.15) is 0 Å². The van der Waals surface area contributed by atoms with E-state index in [4.69, 9.17) is 4.74 Å². The van der Waals surface area contributed by atoms with Crippen LogP contribution in [0.4, 0.5) is 0 Å². The van der Waals surface area contributed by atoms with Crippen LogP contribution in [0, 0.1) is 3.57 Å². The number of hydrogen-bond acceptors (Lipinski definition) is 3. The minimum Gasteiger partial charge on any atom is -0.508 e. The number of esters is 1. The fraction of sp³-hybridized carbons (Fsp3) is 0.300. The lowest BCUT2D eigenvalue weighted by Crippen LogP contribution is -2.06. The molecule has 1 N–H and O–H groups in total. The van der Waals surface area contributed by atoms with Crippen molar-refractivity contribution in [2.45, 2.75) is 12.5 Å². The fourth-order valence-corrected chi connectivity index (χ4v) is 2.03. The van der Waals surface area contributed by atoms with Crippen LogP contribution >= 0.6 is 22.6 Å². The summed E-state index contributed by atoms with van der Waals surface area (Å²) in [5, 5.41) is 9.31. The van der Waals surface area contributed by atoms with Gasteiger partial charge in [0.1, 0.15) is 5.75 Å². The van der Waals surface area contributed by atoms with E-state index in [1.807, 2.05) is 22.6 Å². The maximum atomic E-state index is 11.5. The molecule has 0 heterocycles. The van der Waals surface area contributed by atoms with Gasteiger partial charge in [0.15, 0.2) is 0 Å². The lowest BCUT2D eigenvalue weighted by Gasteiger charge is -2.04. The van der Waals surface area contributed by atoms with E-state index in [0.717, 1.165) is 26.3 Å². The zero-order valence-electron chi connectivity index (χ0n) is 8.50. The lowest BCUT2D eigenvalue weighted by molar-refractivity contribution is 0.0505. The van der Waals surface area contributed by atoms with E-state index in [1.54, 1.807) is 12.1 Å². The second-order valence-electron chi connectivity index (χ2n) is 3.19. The van der Waals surface area contributed by atoms with Gasteiger partial charge in [0, 0.05) is 13.8 Å². The first-order chi connectivity index (χ1) is 7.13. The van der Waals surface area contributed by atoms with Crippen molar-refractivity contribution in [3.8, 4) is 5.75 Å². The van der Waals surface area contributed by atoms with E-state index in [2.05, 4.69) is 0 Å². The Hall–Kier alpha value is -0.563. The zero-order chi connectivity index (χ0) is 11.3. The molecule has 0 amide bonds. The van der Waals surface area contributed by atoms with Gasteiger partial charge in [0.2, 0.25) is 0 Å². The first kappa shape index (κ1) is 12.5. The molecule has 0 spiro atoms. The van der Waals surface area contributed by atoms with Crippen molar-refractivity contribution in [2.75, 3.05) is 6.61 Å². The van der Waals surface area contributed by atoms with Crippen LogP contribution < -0.4 is 0 Å². The van der Waals surface area contributed by atoms with Gasteiger partial charge in [-0.1, -0.05) is 6.04 Å². The van der Waals surface area contributed by atoms with Gasteiger partial charge in [-0.3, -0.25) is 0 Å². The van der Waals surface area contributed by atoms with Gasteiger partial charge < -0.3 is 9.84 Å². The molecule has 0 unspecified atom stereocenters. The van der Waals surface area contributed by atoms with Gasteiger partial charge in [0.25, 0.3) is 0 Å². The molecule has 5 heteroatoms. The van der Waals surface area contributed by atoms with Crippen LogP contribution in [0.25, 0.3) is 0 Å². The number of phenols is 1. The summed E-state index contributed by atoms with van der Waals surface area (Å²) in [5.74, 6) is -0.268. The molecule has 0 bridgehead atoms. The van der Waals surface area contributed by atoms with Crippen molar-refractivity contribution in [1.82, 2.24) is 0 Å². The van der Waals surface area contributed by atoms with Crippen LogP contribution in [0.2, 0.25) is 6.04 Å². The largest absolute Gasteiger partial charge is 0.508 e. The van der Waals surface area contributed by atoms with Crippen molar-refractivity contribution < 1.29 is 14.6 Å². The number of carbonyl (C=O) groups is 1. The summed E-state index contributed by atoms with van der Waals surface area (Å²) in [6.07, 6.45) is 0.924. The molecule has 0 aliphatic heterocycles. The van der Waals surface area contributed by atoms with E-state index in [-0.39, 0.29) is 11.7 Å². The average Bonchev–Trinajstić information content (AvgIpc) is 2.16. The summed E-state index contributed by atoms with van der Waals surface area (Å²) in [6.45, 7) is 0.467. The van der Waals surface area contributed by atoms with E-state index in [9.17, 15) is 9.90 Å². The number of ether oxygens (including phenoxy) is 1. The topological polar surface area (TPSA) is 46.5 Å². The Morgan fingerprint density at radius 1 is 1.47 bits per heavy atom. The van der Waals surface area contributed by atoms with E-state index in [1.165, 1.54) is 6.07 Å². The second kappa shape index (κ2) is 6.11. The zero-order valence-corrected chi connectivity index (χ0v) is 12.7. The van der Waals surface area contributed by atoms with Gasteiger partial charge in [-0.25, -0.2) is 4.79 Å². The summed E-state index contributed by atoms with van der Waals surface area (Å²) in [7, 11) is 1.13. The maximum Gasteiger partial charge on any atom is 0.338 e. The Bertz CT molecular complexity index is 334. The van der Waals surface area contributed by atoms with Crippen molar-refractivity contribution in [3.05, 3.63) is 27.3 Å².